The zero-order chi connectivity index (χ0) is 18.1. The molecule has 0 atom stereocenters. The third-order valence-corrected chi connectivity index (χ3v) is 3.27. The van der Waals surface area contributed by atoms with Crippen LogP contribution in [0.5, 0.6) is 0 Å². The number of hydrogen-bond donors (Lipinski definition) is 5. The lowest BCUT2D eigenvalue weighted by Crippen LogP contribution is -2.37. The molecule has 1 aromatic heterocycles. The smallest absolute Gasteiger partial charge is 0.303 e. The SMILES string of the molecule is CN1CCC(Nc2nc(N)nc(N)n2)CC1.O=C(O)CCC(=O)O. The van der Waals surface area contributed by atoms with Crippen LogP contribution in [0.1, 0.15) is 25.7 Å². The third-order valence-electron chi connectivity index (χ3n) is 3.27. The summed E-state index contributed by atoms with van der Waals surface area (Å²) in [5, 5.41) is 19.0. The minimum atomic E-state index is -1.08. The Morgan fingerprint density at radius 2 is 1.54 bits per heavy atom. The van der Waals surface area contributed by atoms with E-state index >= 15 is 0 Å². The van der Waals surface area contributed by atoms with Gasteiger partial charge in [-0.3, -0.25) is 9.59 Å². The van der Waals surface area contributed by atoms with Gasteiger partial charge in [-0.2, -0.15) is 15.0 Å². The first-order valence-electron chi connectivity index (χ1n) is 7.42. The minimum absolute atomic E-state index is 0.155. The number of nitrogens with two attached hydrogens (primary N) is 2. The number of carbonyl (C=O) groups is 2. The third kappa shape index (κ3) is 8.08. The number of rotatable bonds is 5. The number of carboxylic acids is 2. The van der Waals surface area contributed by atoms with Crippen molar-refractivity contribution in [2.75, 3.05) is 36.9 Å². The standard InChI is InChI=1S/C9H17N7.C4H6O4/c1-16-4-2-6(3-5-16)12-9-14-7(10)13-8(11)15-9;5-3(6)1-2-4(7)8/h6H,2-5H2,1H3,(H5,10,11,12,13,14,15);1-2H2,(H,5,6)(H,7,8). The largest absolute Gasteiger partial charge is 0.481 e. The minimum Gasteiger partial charge on any atom is -0.481 e. The Bertz CT molecular complexity index is 527. The molecule has 7 N–H and O–H groups in total. The lowest BCUT2D eigenvalue weighted by molar-refractivity contribution is -0.143. The van der Waals surface area contributed by atoms with Gasteiger partial charge in [-0.05, 0) is 33.0 Å². The predicted octanol–water partition coefficient (Wildman–Crippen LogP) is -0.522. The van der Waals surface area contributed by atoms with Gasteiger partial charge in [0.1, 0.15) is 0 Å². The molecule has 1 fully saturated rings. The number of nitrogen functional groups attached to an aromatic ring is 2. The van der Waals surface area contributed by atoms with Crippen LogP contribution in [-0.4, -0.2) is 68.2 Å². The van der Waals surface area contributed by atoms with E-state index in [0.717, 1.165) is 25.9 Å². The number of hydrogen-bond acceptors (Lipinski definition) is 9. The highest BCUT2D eigenvalue weighted by Gasteiger charge is 2.17. The molecule has 0 radical (unpaired) electrons. The number of nitrogens with one attached hydrogen (secondary N) is 1. The van der Waals surface area contributed by atoms with Crippen molar-refractivity contribution in [3.05, 3.63) is 0 Å². The first-order valence-corrected chi connectivity index (χ1v) is 7.42. The molecule has 0 bridgehead atoms. The van der Waals surface area contributed by atoms with Crippen LogP contribution < -0.4 is 16.8 Å². The van der Waals surface area contributed by atoms with E-state index in [-0.39, 0.29) is 24.7 Å². The molecule has 0 unspecified atom stereocenters. The van der Waals surface area contributed by atoms with Crippen LogP contribution in [0.3, 0.4) is 0 Å². The number of piperidine rings is 1. The molecule has 0 spiro atoms. The average Bonchev–Trinajstić information content (AvgIpc) is 2.47. The monoisotopic (exact) mass is 341 g/mol. The molecule has 1 aliphatic rings. The summed E-state index contributed by atoms with van der Waals surface area (Å²) in [6, 6.07) is 0.386. The second-order valence-electron chi connectivity index (χ2n) is 5.38. The van der Waals surface area contributed by atoms with E-state index in [4.69, 9.17) is 21.7 Å². The van der Waals surface area contributed by atoms with Gasteiger partial charge in [0.15, 0.2) is 0 Å². The Morgan fingerprint density at radius 1 is 1.08 bits per heavy atom. The number of anilines is 3. The number of likely N-dealkylation sites (tertiary alicyclic amines) is 1. The fourth-order valence-corrected chi connectivity index (χ4v) is 2.02. The van der Waals surface area contributed by atoms with E-state index in [1.165, 1.54) is 0 Å². The predicted molar refractivity (Wildman–Crippen MR) is 87.3 cm³/mol. The van der Waals surface area contributed by atoms with Crippen molar-refractivity contribution in [2.24, 2.45) is 0 Å². The summed E-state index contributed by atoms with van der Waals surface area (Å²) in [6.07, 6.45) is 1.55. The van der Waals surface area contributed by atoms with E-state index in [1.54, 1.807) is 0 Å². The summed E-state index contributed by atoms with van der Waals surface area (Å²) in [6.45, 7) is 2.15. The van der Waals surface area contributed by atoms with Crippen molar-refractivity contribution in [2.45, 2.75) is 31.7 Å². The second-order valence-corrected chi connectivity index (χ2v) is 5.38. The first kappa shape index (κ1) is 19.4. The summed E-state index contributed by atoms with van der Waals surface area (Å²) >= 11 is 0. The normalized spacial score (nSPS) is 15.2. The maximum Gasteiger partial charge on any atom is 0.303 e. The maximum absolute atomic E-state index is 9.64. The van der Waals surface area contributed by atoms with Crippen LogP contribution in [0.15, 0.2) is 0 Å². The summed E-state index contributed by atoms with van der Waals surface area (Å²) in [5.74, 6) is -1.37. The van der Waals surface area contributed by atoms with Crippen LogP contribution >= 0.6 is 0 Å². The molecule has 11 nitrogen and oxygen atoms in total. The second kappa shape index (κ2) is 9.45. The molecule has 24 heavy (non-hydrogen) atoms. The summed E-state index contributed by atoms with van der Waals surface area (Å²) in [4.78, 5) is 33.3. The molecule has 1 aromatic rings. The van der Waals surface area contributed by atoms with Gasteiger partial charge in [-0.1, -0.05) is 0 Å². The Morgan fingerprint density at radius 3 is 1.96 bits per heavy atom. The molecule has 11 heteroatoms. The zero-order valence-electron chi connectivity index (χ0n) is 13.5. The van der Waals surface area contributed by atoms with Crippen LogP contribution in [0.25, 0.3) is 0 Å². The lowest BCUT2D eigenvalue weighted by atomic mass is 10.1. The molecule has 0 aromatic carbocycles. The number of carboxylic acid groups (broad SMARTS) is 2. The molecule has 2 rings (SSSR count). The Balaban J connectivity index is 0.000000307. The van der Waals surface area contributed by atoms with Crippen molar-refractivity contribution < 1.29 is 19.8 Å². The summed E-state index contributed by atoms with van der Waals surface area (Å²) in [7, 11) is 2.12. The van der Waals surface area contributed by atoms with Crippen molar-refractivity contribution in [1.29, 1.82) is 0 Å². The highest BCUT2D eigenvalue weighted by Crippen LogP contribution is 2.13. The topological polar surface area (TPSA) is 181 Å². The molecule has 1 saturated heterocycles. The van der Waals surface area contributed by atoms with Crippen LogP contribution in [0, 0.1) is 0 Å². The highest BCUT2D eigenvalue weighted by atomic mass is 16.4. The van der Waals surface area contributed by atoms with Crippen molar-refractivity contribution in [3.63, 3.8) is 0 Å². The number of aromatic nitrogens is 3. The maximum atomic E-state index is 9.64. The Hall–Kier alpha value is -2.69. The van der Waals surface area contributed by atoms with Crippen LogP contribution in [0.2, 0.25) is 0 Å². The van der Waals surface area contributed by atoms with Gasteiger partial charge in [-0.15, -0.1) is 0 Å². The lowest BCUT2D eigenvalue weighted by Gasteiger charge is -2.29. The van der Waals surface area contributed by atoms with Crippen molar-refractivity contribution in [1.82, 2.24) is 19.9 Å². The first-order chi connectivity index (χ1) is 11.3. The van der Waals surface area contributed by atoms with E-state index in [0.29, 0.717) is 12.0 Å². The Labute approximate surface area is 139 Å². The molecular formula is C13H23N7O4. The molecule has 0 amide bonds. The molecule has 2 heterocycles. The van der Waals surface area contributed by atoms with Crippen LogP contribution in [0.4, 0.5) is 17.8 Å². The van der Waals surface area contributed by atoms with Crippen LogP contribution in [-0.2, 0) is 9.59 Å². The van der Waals surface area contributed by atoms with Gasteiger partial charge in [0.05, 0.1) is 12.8 Å². The van der Waals surface area contributed by atoms with Crippen molar-refractivity contribution in [3.8, 4) is 0 Å². The molecule has 1 aliphatic heterocycles. The molecule has 134 valence electrons. The van der Waals surface area contributed by atoms with Gasteiger partial charge in [0, 0.05) is 6.04 Å². The summed E-state index contributed by atoms with van der Waals surface area (Å²) in [5.41, 5.74) is 11.0. The molecular weight excluding hydrogens is 318 g/mol. The van der Waals surface area contributed by atoms with Gasteiger partial charge in [0.25, 0.3) is 0 Å². The zero-order valence-corrected chi connectivity index (χ0v) is 13.5. The quantitative estimate of drug-likeness (QED) is 0.464. The van der Waals surface area contributed by atoms with Gasteiger partial charge >= 0.3 is 11.9 Å². The fraction of sp³-hybridized carbons (Fsp3) is 0.615. The number of nitrogens with zero attached hydrogens (tertiary/aromatic N) is 4. The van der Waals surface area contributed by atoms with E-state index < -0.39 is 11.9 Å². The number of aliphatic carboxylic acids is 2. The molecule has 0 aliphatic carbocycles. The van der Waals surface area contributed by atoms with Crippen molar-refractivity contribution >= 4 is 29.8 Å². The Kier molecular flexibility index (Phi) is 7.62. The van der Waals surface area contributed by atoms with E-state index in [1.807, 2.05) is 0 Å². The van der Waals surface area contributed by atoms with Gasteiger partial charge in [0.2, 0.25) is 17.8 Å². The summed E-state index contributed by atoms with van der Waals surface area (Å²) < 4.78 is 0. The van der Waals surface area contributed by atoms with Gasteiger partial charge < -0.3 is 31.9 Å². The molecule has 0 saturated carbocycles. The van der Waals surface area contributed by atoms with E-state index in [9.17, 15) is 9.59 Å². The highest BCUT2D eigenvalue weighted by molar-refractivity contribution is 5.75. The fourth-order valence-electron chi connectivity index (χ4n) is 2.02. The average molecular weight is 341 g/mol. The van der Waals surface area contributed by atoms with Gasteiger partial charge in [-0.25, -0.2) is 0 Å². The van der Waals surface area contributed by atoms with E-state index in [2.05, 4.69) is 32.2 Å².